The van der Waals surface area contributed by atoms with Gasteiger partial charge in [0, 0.05) is 24.7 Å². The second kappa shape index (κ2) is 8.78. The van der Waals surface area contributed by atoms with Gasteiger partial charge in [0.15, 0.2) is 0 Å². The van der Waals surface area contributed by atoms with E-state index >= 15 is 0 Å². The maximum atomic E-state index is 12.8. The van der Waals surface area contributed by atoms with Gasteiger partial charge in [-0.1, -0.05) is 32.9 Å². The summed E-state index contributed by atoms with van der Waals surface area (Å²) in [6, 6.07) is 13.9. The van der Waals surface area contributed by atoms with Crippen LogP contribution in [0.25, 0.3) is 0 Å². The normalized spacial score (nSPS) is 15.8. The van der Waals surface area contributed by atoms with E-state index in [1.54, 1.807) is 17.0 Å². The number of piperidine rings is 1. The van der Waals surface area contributed by atoms with Crippen molar-refractivity contribution in [2.45, 2.75) is 50.0 Å². The maximum absolute atomic E-state index is 12.8. The molecule has 30 heavy (non-hydrogen) atoms. The highest BCUT2D eigenvalue weighted by Crippen LogP contribution is 2.23. The van der Waals surface area contributed by atoms with Crippen LogP contribution in [-0.4, -0.2) is 45.5 Å². The summed E-state index contributed by atoms with van der Waals surface area (Å²) in [6.07, 6.45) is 1.17. The number of nitrogens with zero attached hydrogens (tertiary/aromatic N) is 1. The van der Waals surface area contributed by atoms with Gasteiger partial charge in [-0.15, -0.1) is 0 Å². The zero-order valence-electron chi connectivity index (χ0n) is 18.0. The predicted octanol–water partition coefficient (Wildman–Crippen LogP) is 3.58. The van der Waals surface area contributed by atoms with Gasteiger partial charge in [-0.05, 0) is 60.2 Å². The first-order valence-electron chi connectivity index (χ1n) is 10.2. The number of carbonyl (C=O) groups excluding carboxylic acids is 1. The lowest BCUT2D eigenvalue weighted by Crippen LogP contribution is -2.46. The summed E-state index contributed by atoms with van der Waals surface area (Å²) in [6.45, 7) is 7.47. The molecule has 0 radical (unpaired) electrons. The molecular weight excluding hydrogens is 400 g/mol. The van der Waals surface area contributed by atoms with E-state index in [-0.39, 0.29) is 22.3 Å². The van der Waals surface area contributed by atoms with Crippen LogP contribution >= 0.6 is 0 Å². The third kappa shape index (κ3) is 5.21. The largest absolute Gasteiger partial charge is 0.497 e. The summed E-state index contributed by atoms with van der Waals surface area (Å²) in [5, 5.41) is 0. The lowest BCUT2D eigenvalue weighted by atomic mass is 9.86. The van der Waals surface area contributed by atoms with E-state index in [1.165, 1.54) is 24.8 Å². The van der Waals surface area contributed by atoms with Gasteiger partial charge in [-0.3, -0.25) is 4.79 Å². The van der Waals surface area contributed by atoms with E-state index in [4.69, 9.17) is 4.74 Å². The van der Waals surface area contributed by atoms with Crippen molar-refractivity contribution in [3.8, 4) is 5.75 Å². The van der Waals surface area contributed by atoms with Crippen molar-refractivity contribution in [1.82, 2.24) is 9.62 Å². The van der Waals surface area contributed by atoms with Crippen LogP contribution in [0.5, 0.6) is 5.75 Å². The van der Waals surface area contributed by atoms with Gasteiger partial charge in [0.05, 0.1) is 12.0 Å². The van der Waals surface area contributed by atoms with E-state index in [9.17, 15) is 13.2 Å². The summed E-state index contributed by atoms with van der Waals surface area (Å²) < 4.78 is 33.1. The third-order valence-corrected chi connectivity index (χ3v) is 7.01. The molecule has 0 bridgehead atoms. The van der Waals surface area contributed by atoms with Crippen LogP contribution in [0, 0.1) is 0 Å². The molecule has 162 valence electrons. The average Bonchev–Trinajstić information content (AvgIpc) is 2.73. The topological polar surface area (TPSA) is 75.7 Å². The van der Waals surface area contributed by atoms with E-state index in [2.05, 4.69) is 25.5 Å². The number of benzene rings is 2. The molecule has 1 N–H and O–H groups in total. The van der Waals surface area contributed by atoms with Gasteiger partial charge in [-0.2, -0.15) is 0 Å². The smallest absolute Gasteiger partial charge is 0.253 e. The summed E-state index contributed by atoms with van der Waals surface area (Å²) in [4.78, 5) is 14.8. The standard InChI is InChI=1S/C23H30N2O4S/c1-23(2,3)18-7-5-17(6-8-18)22(26)25-15-13-19(14-16-25)24-30(27,28)21-11-9-20(29-4)10-12-21/h5-12,19,24H,13-16H2,1-4H3. The molecule has 1 heterocycles. The number of carbonyl (C=O) groups is 1. The lowest BCUT2D eigenvalue weighted by molar-refractivity contribution is 0.0711. The third-order valence-electron chi connectivity index (χ3n) is 5.47. The number of hydrogen-bond donors (Lipinski definition) is 1. The molecule has 7 heteroatoms. The molecular formula is C23H30N2O4S. The predicted molar refractivity (Wildman–Crippen MR) is 117 cm³/mol. The molecule has 3 rings (SSSR count). The van der Waals surface area contributed by atoms with E-state index < -0.39 is 10.0 Å². The van der Waals surface area contributed by atoms with Crippen molar-refractivity contribution in [1.29, 1.82) is 0 Å². The van der Waals surface area contributed by atoms with E-state index in [0.29, 0.717) is 37.2 Å². The number of amides is 1. The number of rotatable bonds is 5. The Kier molecular flexibility index (Phi) is 6.53. The van der Waals surface area contributed by atoms with Gasteiger partial charge >= 0.3 is 0 Å². The number of hydrogen-bond acceptors (Lipinski definition) is 4. The van der Waals surface area contributed by atoms with Crippen LogP contribution in [-0.2, 0) is 15.4 Å². The summed E-state index contributed by atoms with van der Waals surface area (Å²) in [5.74, 6) is 0.600. The molecule has 1 saturated heterocycles. The minimum Gasteiger partial charge on any atom is -0.497 e. The molecule has 6 nitrogen and oxygen atoms in total. The van der Waals surface area contributed by atoms with E-state index in [0.717, 1.165) is 0 Å². The van der Waals surface area contributed by atoms with Gasteiger partial charge in [0.1, 0.15) is 5.75 Å². The molecule has 0 aliphatic carbocycles. The molecule has 0 aromatic heterocycles. The molecule has 1 amide bonds. The fourth-order valence-corrected chi connectivity index (χ4v) is 4.84. The monoisotopic (exact) mass is 430 g/mol. The van der Waals surface area contributed by atoms with Crippen molar-refractivity contribution in [2.75, 3.05) is 20.2 Å². The Morgan fingerprint density at radius 1 is 1.00 bits per heavy atom. The molecule has 1 fully saturated rings. The van der Waals surface area contributed by atoms with Crippen molar-refractivity contribution < 1.29 is 17.9 Å². The molecule has 2 aromatic rings. The lowest BCUT2D eigenvalue weighted by Gasteiger charge is -2.32. The summed E-state index contributed by atoms with van der Waals surface area (Å²) >= 11 is 0. The minimum absolute atomic E-state index is 0.00748. The van der Waals surface area contributed by atoms with Crippen LogP contribution < -0.4 is 9.46 Å². The number of likely N-dealkylation sites (tertiary alicyclic amines) is 1. The summed E-state index contributed by atoms with van der Waals surface area (Å²) in [7, 11) is -2.07. The number of nitrogens with one attached hydrogen (secondary N) is 1. The Balaban J connectivity index is 1.58. The summed E-state index contributed by atoms with van der Waals surface area (Å²) in [5.41, 5.74) is 1.90. The molecule has 2 aromatic carbocycles. The Morgan fingerprint density at radius 2 is 1.57 bits per heavy atom. The fourth-order valence-electron chi connectivity index (χ4n) is 3.54. The number of ether oxygens (including phenoxy) is 1. The maximum Gasteiger partial charge on any atom is 0.253 e. The van der Waals surface area contributed by atoms with Crippen LogP contribution in [0.15, 0.2) is 53.4 Å². The highest BCUT2D eigenvalue weighted by Gasteiger charge is 2.27. The molecule has 0 spiro atoms. The molecule has 0 unspecified atom stereocenters. The van der Waals surface area contributed by atoms with Crippen molar-refractivity contribution in [2.24, 2.45) is 0 Å². The van der Waals surface area contributed by atoms with Gasteiger partial charge in [-0.25, -0.2) is 13.1 Å². The van der Waals surface area contributed by atoms with Crippen LogP contribution in [0.3, 0.4) is 0 Å². The second-order valence-electron chi connectivity index (χ2n) is 8.69. The first kappa shape index (κ1) is 22.3. The molecule has 0 saturated carbocycles. The Hall–Kier alpha value is -2.38. The van der Waals surface area contributed by atoms with E-state index in [1.807, 2.05) is 24.3 Å². The van der Waals surface area contributed by atoms with Crippen molar-refractivity contribution in [3.05, 3.63) is 59.7 Å². The SMILES string of the molecule is COc1ccc(S(=O)(=O)NC2CCN(C(=O)c3ccc(C(C)(C)C)cc3)CC2)cc1. The van der Waals surface area contributed by atoms with Gasteiger partial charge in [0.25, 0.3) is 5.91 Å². The highest BCUT2D eigenvalue weighted by molar-refractivity contribution is 7.89. The fraction of sp³-hybridized carbons (Fsp3) is 0.435. The van der Waals surface area contributed by atoms with Crippen LogP contribution in [0.4, 0.5) is 0 Å². The molecule has 1 aliphatic heterocycles. The first-order valence-corrected chi connectivity index (χ1v) is 11.6. The zero-order valence-corrected chi connectivity index (χ0v) is 18.8. The highest BCUT2D eigenvalue weighted by atomic mass is 32.2. The molecule has 0 atom stereocenters. The Bertz CT molecular complexity index is 969. The van der Waals surface area contributed by atoms with Gasteiger partial charge in [0.2, 0.25) is 10.0 Å². The van der Waals surface area contributed by atoms with Crippen LogP contribution in [0.2, 0.25) is 0 Å². The zero-order chi connectivity index (χ0) is 21.9. The Labute approximate surface area is 179 Å². The van der Waals surface area contributed by atoms with Crippen molar-refractivity contribution >= 4 is 15.9 Å². The number of sulfonamides is 1. The first-order chi connectivity index (χ1) is 14.1. The average molecular weight is 431 g/mol. The Morgan fingerprint density at radius 3 is 2.07 bits per heavy atom. The molecule has 1 aliphatic rings. The number of methoxy groups -OCH3 is 1. The van der Waals surface area contributed by atoms with Crippen LogP contribution in [0.1, 0.15) is 49.5 Å². The van der Waals surface area contributed by atoms with Crippen molar-refractivity contribution in [3.63, 3.8) is 0 Å². The second-order valence-corrected chi connectivity index (χ2v) is 10.4. The quantitative estimate of drug-likeness (QED) is 0.787. The van der Waals surface area contributed by atoms with Gasteiger partial charge < -0.3 is 9.64 Å². The minimum atomic E-state index is -3.60.